The number of halogens is 2. The fourth-order valence-electron chi connectivity index (χ4n) is 2.55. The van der Waals surface area contributed by atoms with Gasteiger partial charge in [0.2, 0.25) is 9.84 Å². The molecule has 1 heterocycles. The van der Waals surface area contributed by atoms with Gasteiger partial charge in [0.15, 0.2) is 5.16 Å². The lowest BCUT2D eigenvalue weighted by Crippen LogP contribution is -2.11. The van der Waals surface area contributed by atoms with Gasteiger partial charge in [0.05, 0.1) is 10.6 Å². The van der Waals surface area contributed by atoms with E-state index in [0.29, 0.717) is 10.9 Å². The summed E-state index contributed by atoms with van der Waals surface area (Å²) in [5, 5.41) is 9.05. The molecule has 0 amide bonds. The van der Waals surface area contributed by atoms with E-state index < -0.39 is 15.6 Å². The Morgan fingerprint density at radius 1 is 1.04 bits per heavy atom. The fourth-order valence-corrected chi connectivity index (χ4v) is 4.22. The highest BCUT2D eigenvalue weighted by Gasteiger charge is 2.26. The molecule has 0 saturated carbocycles. The maximum Gasteiger partial charge on any atom is 0.341 e. The number of aryl methyl sites for hydroxylation is 2. The van der Waals surface area contributed by atoms with E-state index in [1.165, 1.54) is 36.0 Å². The van der Waals surface area contributed by atoms with E-state index in [0.717, 1.165) is 22.6 Å². The summed E-state index contributed by atoms with van der Waals surface area (Å²) in [6.45, 7) is 3.87. The van der Waals surface area contributed by atoms with E-state index in [2.05, 4.69) is 10.2 Å². The van der Waals surface area contributed by atoms with Crippen molar-refractivity contribution in [3.8, 4) is 5.69 Å². The number of rotatable bonds is 6. The number of aromatic nitrogens is 3. The van der Waals surface area contributed by atoms with Crippen molar-refractivity contribution in [3.05, 3.63) is 65.5 Å². The van der Waals surface area contributed by atoms with Crippen LogP contribution in [0.2, 0.25) is 0 Å². The second-order valence-electron chi connectivity index (χ2n) is 5.89. The Kier molecular flexibility index (Phi) is 5.61. The average molecular weight is 409 g/mol. The van der Waals surface area contributed by atoms with Gasteiger partial charge >= 0.3 is 5.76 Å². The Hall–Kier alpha value is -2.26. The predicted octanol–water partition coefficient (Wildman–Crippen LogP) is 4.17. The highest BCUT2D eigenvalue weighted by Crippen LogP contribution is 2.27. The molecule has 5 nitrogen and oxygen atoms in total. The number of para-hydroxylation sites is 1. The van der Waals surface area contributed by atoms with Crippen molar-refractivity contribution >= 4 is 21.6 Å². The Labute approximate surface area is 160 Å². The zero-order valence-electron chi connectivity index (χ0n) is 14.6. The fraction of sp³-hybridized carbons (Fsp3) is 0.222. The van der Waals surface area contributed by atoms with Crippen molar-refractivity contribution in [2.24, 2.45) is 0 Å². The molecule has 0 atom stereocenters. The van der Waals surface area contributed by atoms with Gasteiger partial charge < -0.3 is 0 Å². The molecule has 1 aromatic heterocycles. The first-order valence-corrected chi connectivity index (χ1v) is 10.6. The molecule has 9 heteroatoms. The molecule has 0 N–H and O–H groups in total. The topological polar surface area (TPSA) is 64.8 Å². The number of benzene rings is 2. The van der Waals surface area contributed by atoms with Gasteiger partial charge in [-0.2, -0.15) is 8.78 Å². The lowest BCUT2D eigenvalue weighted by atomic mass is 10.2. The normalized spacial score (nSPS) is 11.9. The van der Waals surface area contributed by atoms with Crippen molar-refractivity contribution in [3.63, 3.8) is 0 Å². The quantitative estimate of drug-likeness (QED) is 0.572. The van der Waals surface area contributed by atoms with Crippen LogP contribution in [0.5, 0.6) is 0 Å². The molecule has 0 unspecified atom stereocenters. The molecule has 27 heavy (non-hydrogen) atoms. The van der Waals surface area contributed by atoms with Gasteiger partial charge in [-0.25, -0.2) is 8.42 Å². The Bertz CT molecular complexity index is 1050. The molecule has 0 spiro atoms. The molecule has 0 radical (unpaired) electrons. The molecular formula is C18H17F2N3O2S2. The molecule has 3 aromatic rings. The standard InChI is InChI=1S/C18H17F2N3O2S2/c1-12-5-3-4-6-16(12)23-13(2)21-22-18(23)26-11-14-7-9-15(10-8-14)27(24,25)17(19)20/h3-10,17H,11H2,1-2H3. The largest absolute Gasteiger partial charge is 0.341 e. The summed E-state index contributed by atoms with van der Waals surface area (Å²) < 4.78 is 50.1. The number of hydrogen-bond donors (Lipinski definition) is 0. The van der Waals surface area contributed by atoms with E-state index in [1.54, 1.807) is 0 Å². The van der Waals surface area contributed by atoms with Gasteiger partial charge in [0, 0.05) is 5.75 Å². The first-order chi connectivity index (χ1) is 12.8. The second kappa shape index (κ2) is 7.77. The third-order valence-electron chi connectivity index (χ3n) is 4.01. The summed E-state index contributed by atoms with van der Waals surface area (Å²) in [4.78, 5) is -0.384. The minimum Gasteiger partial charge on any atom is -0.274 e. The van der Waals surface area contributed by atoms with E-state index in [4.69, 9.17) is 0 Å². The van der Waals surface area contributed by atoms with Crippen LogP contribution in [0, 0.1) is 13.8 Å². The molecule has 0 aliphatic rings. The molecule has 2 aromatic carbocycles. The minimum absolute atomic E-state index is 0.384. The van der Waals surface area contributed by atoms with Gasteiger partial charge in [-0.15, -0.1) is 10.2 Å². The van der Waals surface area contributed by atoms with Crippen LogP contribution < -0.4 is 0 Å². The summed E-state index contributed by atoms with van der Waals surface area (Å²) in [7, 11) is -4.57. The zero-order chi connectivity index (χ0) is 19.6. The van der Waals surface area contributed by atoms with Gasteiger partial charge in [-0.3, -0.25) is 4.57 Å². The number of nitrogens with zero attached hydrogens (tertiary/aromatic N) is 3. The molecular weight excluding hydrogens is 392 g/mol. The highest BCUT2D eigenvalue weighted by atomic mass is 32.2. The summed E-state index contributed by atoms with van der Waals surface area (Å²) >= 11 is 1.44. The lowest BCUT2D eigenvalue weighted by molar-refractivity contribution is 0.234. The Balaban J connectivity index is 1.80. The van der Waals surface area contributed by atoms with Crippen LogP contribution in [0.15, 0.2) is 58.6 Å². The number of thioether (sulfide) groups is 1. The van der Waals surface area contributed by atoms with Crippen molar-refractivity contribution in [1.29, 1.82) is 0 Å². The van der Waals surface area contributed by atoms with Gasteiger partial charge in [-0.05, 0) is 43.2 Å². The Morgan fingerprint density at radius 2 is 1.70 bits per heavy atom. The minimum atomic E-state index is -4.57. The number of sulfone groups is 1. The van der Waals surface area contributed by atoms with Crippen LogP contribution in [-0.2, 0) is 15.6 Å². The molecule has 0 aliphatic heterocycles. The zero-order valence-corrected chi connectivity index (χ0v) is 16.3. The summed E-state index contributed by atoms with van der Waals surface area (Å²) in [5.41, 5.74) is 2.87. The number of hydrogen-bond acceptors (Lipinski definition) is 5. The molecule has 0 aliphatic carbocycles. The van der Waals surface area contributed by atoms with Crippen LogP contribution in [0.1, 0.15) is 17.0 Å². The lowest BCUT2D eigenvalue weighted by Gasteiger charge is -2.11. The molecule has 0 fully saturated rings. The van der Waals surface area contributed by atoms with Crippen LogP contribution in [0.3, 0.4) is 0 Å². The third-order valence-corrected chi connectivity index (χ3v) is 6.40. The predicted molar refractivity (Wildman–Crippen MR) is 100 cm³/mol. The van der Waals surface area contributed by atoms with Crippen LogP contribution in [0.25, 0.3) is 5.69 Å². The van der Waals surface area contributed by atoms with Gasteiger partial charge in [0.25, 0.3) is 0 Å². The van der Waals surface area contributed by atoms with Crippen molar-refractivity contribution in [2.75, 3.05) is 0 Å². The molecule has 3 rings (SSSR count). The van der Waals surface area contributed by atoms with Crippen molar-refractivity contribution in [1.82, 2.24) is 14.8 Å². The molecule has 0 bridgehead atoms. The summed E-state index contributed by atoms with van der Waals surface area (Å²) in [5.74, 6) is -2.17. The third kappa shape index (κ3) is 4.03. The van der Waals surface area contributed by atoms with E-state index in [1.807, 2.05) is 42.7 Å². The van der Waals surface area contributed by atoms with Crippen LogP contribution in [-0.4, -0.2) is 28.9 Å². The summed E-state index contributed by atoms with van der Waals surface area (Å²) in [6, 6.07) is 13.4. The summed E-state index contributed by atoms with van der Waals surface area (Å²) in [6.07, 6.45) is 0. The first-order valence-electron chi connectivity index (χ1n) is 8.02. The maximum absolute atomic E-state index is 12.6. The van der Waals surface area contributed by atoms with Crippen LogP contribution >= 0.6 is 11.8 Å². The molecule has 142 valence electrons. The van der Waals surface area contributed by atoms with Crippen molar-refractivity contribution in [2.45, 2.75) is 35.4 Å². The number of alkyl halides is 2. The van der Waals surface area contributed by atoms with Crippen molar-refractivity contribution < 1.29 is 17.2 Å². The second-order valence-corrected chi connectivity index (χ2v) is 8.75. The SMILES string of the molecule is Cc1ccccc1-n1c(C)nnc1SCc1ccc(S(=O)(=O)C(F)F)cc1. The van der Waals surface area contributed by atoms with E-state index >= 15 is 0 Å². The Morgan fingerprint density at radius 3 is 2.33 bits per heavy atom. The molecule has 0 saturated heterocycles. The van der Waals surface area contributed by atoms with E-state index in [-0.39, 0.29) is 4.90 Å². The average Bonchev–Trinajstić information content (AvgIpc) is 3.01. The van der Waals surface area contributed by atoms with Gasteiger partial charge in [0.1, 0.15) is 5.82 Å². The smallest absolute Gasteiger partial charge is 0.274 e. The van der Waals surface area contributed by atoms with Gasteiger partial charge in [-0.1, -0.05) is 42.1 Å². The monoisotopic (exact) mass is 409 g/mol. The maximum atomic E-state index is 12.6. The first kappa shape index (κ1) is 19.5. The van der Waals surface area contributed by atoms with Crippen LogP contribution in [0.4, 0.5) is 8.78 Å². The highest BCUT2D eigenvalue weighted by molar-refractivity contribution is 7.98. The van der Waals surface area contributed by atoms with E-state index in [9.17, 15) is 17.2 Å².